The van der Waals surface area contributed by atoms with E-state index in [1.165, 1.54) is 19.3 Å². The molecule has 1 aliphatic rings. The van der Waals surface area contributed by atoms with E-state index < -0.39 is 0 Å². The Balaban J connectivity index is 2.40. The molecule has 0 aromatic carbocycles. The van der Waals surface area contributed by atoms with Gasteiger partial charge in [0.25, 0.3) is 0 Å². The minimum absolute atomic E-state index is 0.469. The molecular weight excluding hydrogens is 134 g/mol. The van der Waals surface area contributed by atoms with E-state index >= 15 is 0 Å². The lowest BCUT2D eigenvalue weighted by atomic mass is 9.75. The van der Waals surface area contributed by atoms with Crippen LogP contribution in [0.25, 0.3) is 0 Å². The molecule has 1 nitrogen and oxygen atoms in total. The molecule has 0 amide bonds. The van der Waals surface area contributed by atoms with E-state index in [4.69, 9.17) is 5.73 Å². The molecule has 0 aromatic heterocycles. The molecule has 1 aliphatic carbocycles. The van der Waals surface area contributed by atoms with Crippen molar-refractivity contribution in [2.45, 2.75) is 46.1 Å². The highest BCUT2D eigenvalue weighted by molar-refractivity contribution is 4.81. The van der Waals surface area contributed by atoms with Crippen molar-refractivity contribution < 1.29 is 0 Å². The van der Waals surface area contributed by atoms with Crippen LogP contribution in [0.2, 0.25) is 0 Å². The number of nitrogens with two attached hydrogens (primary N) is 1. The quantitative estimate of drug-likeness (QED) is 0.618. The monoisotopic (exact) mass is 155 g/mol. The van der Waals surface area contributed by atoms with Crippen LogP contribution in [-0.4, -0.2) is 6.04 Å². The number of rotatable bonds is 1. The first-order valence-corrected chi connectivity index (χ1v) is 4.87. The van der Waals surface area contributed by atoms with Gasteiger partial charge in [-0.05, 0) is 37.0 Å². The summed E-state index contributed by atoms with van der Waals surface area (Å²) >= 11 is 0. The molecule has 0 heterocycles. The van der Waals surface area contributed by atoms with Crippen LogP contribution in [0.1, 0.15) is 40.0 Å². The van der Waals surface area contributed by atoms with Gasteiger partial charge in [0.05, 0.1) is 0 Å². The third-order valence-electron chi connectivity index (χ3n) is 3.24. The predicted octanol–water partition coefficient (Wildman–Crippen LogP) is 2.41. The first-order chi connectivity index (χ1) is 5.11. The summed E-state index contributed by atoms with van der Waals surface area (Å²) in [6.45, 7) is 6.90. The number of hydrogen-bond donors (Lipinski definition) is 1. The zero-order chi connectivity index (χ0) is 8.43. The Morgan fingerprint density at radius 2 is 1.91 bits per heavy atom. The molecule has 1 heteroatoms. The molecule has 0 aromatic rings. The van der Waals surface area contributed by atoms with Crippen LogP contribution in [0, 0.1) is 17.8 Å². The van der Waals surface area contributed by atoms with Crippen LogP contribution < -0.4 is 5.73 Å². The van der Waals surface area contributed by atoms with Gasteiger partial charge in [0.15, 0.2) is 0 Å². The second kappa shape index (κ2) is 3.57. The van der Waals surface area contributed by atoms with Crippen LogP contribution in [0.5, 0.6) is 0 Å². The summed E-state index contributed by atoms with van der Waals surface area (Å²) in [4.78, 5) is 0. The lowest BCUT2D eigenvalue weighted by molar-refractivity contribution is 0.206. The van der Waals surface area contributed by atoms with Crippen molar-refractivity contribution in [3.05, 3.63) is 0 Å². The van der Waals surface area contributed by atoms with Crippen molar-refractivity contribution >= 4 is 0 Å². The summed E-state index contributed by atoms with van der Waals surface area (Å²) in [5.41, 5.74) is 6.01. The molecule has 2 N–H and O–H groups in total. The van der Waals surface area contributed by atoms with E-state index in [1.54, 1.807) is 0 Å². The highest BCUT2D eigenvalue weighted by atomic mass is 14.7. The second-order valence-corrected chi connectivity index (χ2v) is 4.46. The van der Waals surface area contributed by atoms with Crippen molar-refractivity contribution in [3.63, 3.8) is 0 Å². The Labute approximate surface area is 70.4 Å². The van der Waals surface area contributed by atoms with Gasteiger partial charge in [0, 0.05) is 6.04 Å². The van der Waals surface area contributed by atoms with Crippen LogP contribution >= 0.6 is 0 Å². The molecule has 0 spiro atoms. The molecule has 0 bridgehead atoms. The van der Waals surface area contributed by atoms with Gasteiger partial charge in [-0.15, -0.1) is 0 Å². The largest absolute Gasteiger partial charge is 0.327 e. The van der Waals surface area contributed by atoms with Crippen molar-refractivity contribution in [2.75, 3.05) is 0 Å². The standard InChI is InChI=1S/C10H21N/c1-7(2)9-5-4-8(3)10(11)6-9/h7-10H,4-6,11H2,1-3H3/t8-,9-,10+/m1/s1. The second-order valence-electron chi connectivity index (χ2n) is 4.46. The zero-order valence-corrected chi connectivity index (χ0v) is 8.01. The molecule has 0 radical (unpaired) electrons. The minimum Gasteiger partial charge on any atom is -0.327 e. The Bertz CT molecular complexity index is 120. The smallest absolute Gasteiger partial charge is 0.00672 e. The molecule has 0 saturated heterocycles. The normalized spacial score (nSPS) is 39.5. The van der Waals surface area contributed by atoms with Gasteiger partial charge >= 0.3 is 0 Å². The van der Waals surface area contributed by atoms with Gasteiger partial charge in [-0.2, -0.15) is 0 Å². The first-order valence-electron chi connectivity index (χ1n) is 4.87. The Morgan fingerprint density at radius 1 is 1.27 bits per heavy atom. The maximum Gasteiger partial charge on any atom is 0.00672 e. The summed E-state index contributed by atoms with van der Waals surface area (Å²) in [6.07, 6.45) is 3.98. The summed E-state index contributed by atoms with van der Waals surface area (Å²) in [5.74, 6) is 2.47. The summed E-state index contributed by atoms with van der Waals surface area (Å²) < 4.78 is 0. The summed E-state index contributed by atoms with van der Waals surface area (Å²) in [5, 5.41) is 0. The third kappa shape index (κ3) is 2.19. The fourth-order valence-electron chi connectivity index (χ4n) is 2.00. The van der Waals surface area contributed by atoms with Crippen LogP contribution in [-0.2, 0) is 0 Å². The van der Waals surface area contributed by atoms with Gasteiger partial charge in [-0.1, -0.05) is 20.8 Å². The Hall–Kier alpha value is -0.0400. The van der Waals surface area contributed by atoms with E-state index in [0.29, 0.717) is 6.04 Å². The van der Waals surface area contributed by atoms with Crippen LogP contribution in [0.15, 0.2) is 0 Å². The van der Waals surface area contributed by atoms with E-state index in [2.05, 4.69) is 20.8 Å². The van der Waals surface area contributed by atoms with E-state index in [0.717, 1.165) is 17.8 Å². The predicted molar refractivity (Wildman–Crippen MR) is 49.3 cm³/mol. The fraction of sp³-hybridized carbons (Fsp3) is 1.00. The average Bonchev–Trinajstić information content (AvgIpc) is 1.94. The Morgan fingerprint density at radius 3 is 2.36 bits per heavy atom. The van der Waals surface area contributed by atoms with Crippen LogP contribution in [0.3, 0.4) is 0 Å². The highest BCUT2D eigenvalue weighted by Crippen LogP contribution is 2.32. The van der Waals surface area contributed by atoms with Crippen molar-refractivity contribution in [1.29, 1.82) is 0 Å². The SMILES string of the molecule is CC(C)[C@@H]1CC[C@@H](C)[C@@H](N)C1. The molecular formula is C10H21N. The van der Waals surface area contributed by atoms with E-state index in [1.807, 2.05) is 0 Å². The molecule has 11 heavy (non-hydrogen) atoms. The highest BCUT2D eigenvalue weighted by Gasteiger charge is 2.26. The molecule has 3 atom stereocenters. The van der Waals surface area contributed by atoms with Crippen molar-refractivity contribution in [1.82, 2.24) is 0 Å². The van der Waals surface area contributed by atoms with Gasteiger partial charge in [-0.3, -0.25) is 0 Å². The first kappa shape index (κ1) is 9.05. The lowest BCUT2D eigenvalue weighted by Gasteiger charge is -2.33. The Kier molecular flexibility index (Phi) is 2.94. The maximum atomic E-state index is 6.01. The topological polar surface area (TPSA) is 26.0 Å². The van der Waals surface area contributed by atoms with Gasteiger partial charge in [-0.25, -0.2) is 0 Å². The molecule has 1 rings (SSSR count). The van der Waals surface area contributed by atoms with Crippen molar-refractivity contribution in [2.24, 2.45) is 23.5 Å². The average molecular weight is 155 g/mol. The third-order valence-corrected chi connectivity index (χ3v) is 3.24. The molecule has 66 valence electrons. The molecule has 1 saturated carbocycles. The summed E-state index contributed by atoms with van der Waals surface area (Å²) in [7, 11) is 0. The molecule has 0 unspecified atom stereocenters. The van der Waals surface area contributed by atoms with Gasteiger partial charge in [0.2, 0.25) is 0 Å². The molecule has 1 fully saturated rings. The number of hydrogen-bond acceptors (Lipinski definition) is 1. The maximum absolute atomic E-state index is 6.01. The molecule has 0 aliphatic heterocycles. The van der Waals surface area contributed by atoms with Gasteiger partial charge < -0.3 is 5.73 Å². The lowest BCUT2D eigenvalue weighted by Crippen LogP contribution is -2.36. The van der Waals surface area contributed by atoms with Crippen molar-refractivity contribution in [3.8, 4) is 0 Å². The van der Waals surface area contributed by atoms with E-state index in [9.17, 15) is 0 Å². The zero-order valence-electron chi connectivity index (χ0n) is 8.01. The fourth-order valence-corrected chi connectivity index (χ4v) is 2.00. The minimum atomic E-state index is 0.469. The van der Waals surface area contributed by atoms with E-state index in [-0.39, 0.29) is 0 Å². The van der Waals surface area contributed by atoms with Crippen LogP contribution in [0.4, 0.5) is 0 Å². The van der Waals surface area contributed by atoms with Gasteiger partial charge in [0.1, 0.15) is 0 Å². The summed E-state index contributed by atoms with van der Waals surface area (Å²) in [6, 6.07) is 0.469.